The van der Waals surface area contributed by atoms with Gasteiger partial charge in [0.05, 0.1) is 18.8 Å². The minimum Gasteiger partial charge on any atom is -0.494 e. The van der Waals surface area contributed by atoms with Crippen molar-refractivity contribution in [3.63, 3.8) is 0 Å². The minimum absolute atomic E-state index is 0.169. The lowest BCUT2D eigenvalue weighted by molar-refractivity contribution is -0.143. The number of carbonyl (C=O) groups excluding carboxylic acids is 1. The fourth-order valence-electron chi connectivity index (χ4n) is 1.73. The second-order valence-corrected chi connectivity index (χ2v) is 5.27. The van der Waals surface area contributed by atoms with E-state index < -0.39 is 5.97 Å². The first-order chi connectivity index (χ1) is 10.0. The maximum absolute atomic E-state index is 11.1. The van der Waals surface area contributed by atoms with Crippen LogP contribution in [0.4, 0.5) is 0 Å². The average Bonchev–Trinajstić information content (AvgIpc) is 2.44. The Morgan fingerprint density at radius 1 is 1.24 bits per heavy atom. The molecule has 0 saturated carbocycles. The Kier molecular flexibility index (Phi) is 7.82. The number of benzene rings is 1. The van der Waals surface area contributed by atoms with Gasteiger partial charge in [-0.3, -0.25) is 4.79 Å². The Bertz CT molecular complexity index is 487. The highest BCUT2D eigenvalue weighted by Crippen LogP contribution is 2.22. The van der Waals surface area contributed by atoms with Crippen LogP contribution in [0.25, 0.3) is 0 Å². The molecule has 0 saturated heterocycles. The Balaban J connectivity index is 2.26. The van der Waals surface area contributed by atoms with Crippen LogP contribution in [0.15, 0.2) is 22.7 Å². The Hall–Kier alpha value is -1.56. The van der Waals surface area contributed by atoms with Crippen molar-refractivity contribution >= 4 is 27.9 Å². The highest BCUT2D eigenvalue weighted by Gasteiger charge is 2.09. The lowest BCUT2D eigenvalue weighted by Gasteiger charge is -2.08. The van der Waals surface area contributed by atoms with Crippen LogP contribution in [0, 0.1) is 0 Å². The molecule has 6 heteroatoms. The summed E-state index contributed by atoms with van der Waals surface area (Å²) in [6, 6.07) is 4.86. The fourth-order valence-corrected chi connectivity index (χ4v) is 2.15. The molecule has 0 aliphatic carbocycles. The van der Waals surface area contributed by atoms with E-state index in [9.17, 15) is 9.59 Å². The molecule has 0 radical (unpaired) electrons. The first-order valence-electron chi connectivity index (χ1n) is 6.86. The summed E-state index contributed by atoms with van der Waals surface area (Å²) in [5, 5.41) is 9.00. The van der Waals surface area contributed by atoms with Gasteiger partial charge in [-0.2, -0.15) is 0 Å². The van der Waals surface area contributed by atoms with Gasteiger partial charge in [0.25, 0.3) is 0 Å². The van der Waals surface area contributed by atoms with Crippen molar-refractivity contribution in [2.24, 2.45) is 0 Å². The van der Waals surface area contributed by atoms with Crippen LogP contribution in [-0.4, -0.2) is 30.3 Å². The molecular formula is C15H19BrO5. The molecule has 0 aliphatic rings. The van der Waals surface area contributed by atoms with Gasteiger partial charge < -0.3 is 14.6 Å². The standard InChI is InChI=1S/C15H19BrO5/c1-2-20-14(17)6-4-3-5-9-21-11-7-8-13(16)12(10-11)15(18)19/h7-8,10H,2-6,9H2,1H3,(H,18,19). The van der Waals surface area contributed by atoms with Crippen LogP contribution in [-0.2, 0) is 9.53 Å². The van der Waals surface area contributed by atoms with Crippen LogP contribution in [0.2, 0.25) is 0 Å². The van der Waals surface area contributed by atoms with E-state index in [1.807, 2.05) is 0 Å². The number of rotatable bonds is 9. The van der Waals surface area contributed by atoms with E-state index in [1.54, 1.807) is 19.1 Å². The predicted octanol–water partition coefficient (Wildman–Crippen LogP) is 3.65. The summed E-state index contributed by atoms with van der Waals surface area (Å²) in [7, 11) is 0. The maximum atomic E-state index is 11.1. The lowest BCUT2D eigenvalue weighted by Crippen LogP contribution is -2.04. The third-order valence-corrected chi connectivity index (χ3v) is 3.46. The third-order valence-electron chi connectivity index (χ3n) is 2.77. The monoisotopic (exact) mass is 358 g/mol. The van der Waals surface area contributed by atoms with E-state index in [4.69, 9.17) is 14.6 Å². The Morgan fingerprint density at radius 3 is 2.67 bits per heavy atom. The SMILES string of the molecule is CCOC(=O)CCCCCOc1ccc(Br)c(C(=O)O)c1. The predicted molar refractivity (Wildman–Crippen MR) is 81.7 cm³/mol. The third kappa shape index (κ3) is 6.62. The van der Waals surface area contributed by atoms with Crippen molar-refractivity contribution < 1.29 is 24.2 Å². The molecule has 0 aliphatic heterocycles. The van der Waals surface area contributed by atoms with Crippen molar-refractivity contribution in [3.05, 3.63) is 28.2 Å². The van der Waals surface area contributed by atoms with Gasteiger partial charge in [-0.15, -0.1) is 0 Å². The van der Waals surface area contributed by atoms with Crippen molar-refractivity contribution in [1.29, 1.82) is 0 Å². The van der Waals surface area contributed by atoms with E-state index in [2.05, 4.69) is 15.9 Å². The van der Waals surface area contributed by atoms with Gasteiger partial charge in [0.15, 0.2) is 0 Å². The number of esters is 1. The van der Waals surface area contributed by atoms with Crippen molar-refractivity contribution in [3.8, 4) is 5.75 Å². The maximum Gasteiger partial charge on any atom is 0.336 e. The molecule has 0 bridgehead atoms. The Morgan fingerprint density at radius 2 is 2.00 bits per heavy atom. The number of aromatic carboxylic acids is 1. The molecule has 1 aromatic rings. The minimum atomic E-state index is -0.998. The van der Waals surface area contributed by atoms with E-state index in [0.717, 1.165) is 19.3 Å². The second-order valence-electron chi connectivity index (χ2n) is 4.41. The molecule has 0 aromatic heterocycles. The lowest BCUT2D eigenvalue weighted by atomic mass is 10.2. The molecule has 0 amide bonds. The van der Waals surface area contributed by atoms with Crippen molar-refractivity contribution in [2.75, 3.05) is 13.2 Å². The normalized spacial score (nSPS) is 10.2. The smallest absolute Gasteiger partial charge is 0.336 e. The number of hydrogen-bond donors (Lipinski definition) is 1. The molecular weight excluding hydrogens is 340 g/mol. The first kappa shape index (κ1) is 17.5. The number of unbranched alkanes of at least 4 members (excludes halogenated alkanes) is 2. The molecule has 0 fully saturated rings. The zero-order valence-corrected chi connectivity index (χ0v) is 13.5. The summed E-state index contributed by atoms with van der Waals surface area (Å²) in [5.41, 5.74) is 0.176. The quantitative estimate of drug-likeness (QED) is 0.538. The number of carbonyl (C=O) groups is 2. The number of halogens is 1. The zero-order valence-electron chi connectivity index (χ0n) is 11.9. The van der Waals surface area contributed by atoms with E-state index in [0.29, 0.717) is 29.9 Å². The number of carboxylic acid groups (broad SMARTS) is 1. The molecule has 0 spiro atoms. The van der Waals surface area contributed by atoms with Gasteiger partial charge >= 0.3 is 11.9 Å². The molecule has 0 unspecified atom stereocenters. The van der Waals surface area contributed by atoms with Crippen molar-refractivity contribution in [2.45, 2.75) is 32.6 Å². The number of ether oxygens (including phenoxy) is 2. The van der Waals surface area contributed by atoms with E-state index in [-0.39, 0.29) is 11.5 Å². The molecule has 5 nitrogen and oxygen atoms in total. The summed E-state index contributed by atoms with van der Waals surface area (Å²) < 4.78 is 10.9. The van der Waals surface area contributed by atoms with Gasteiger partial charge in [0, 0.05) is 10.9 Å². The molecule has 1 aromatic carbocycles. The highest BCUT2D eigenvalue weighted by atomic mass is 79.9. The van der Waals surface area contributed by atoms with Crippen LogP contribution in [0.3, 0.4) is 0 Å². The van der Waals surface area contributed by atoms with Crippen LogP contribution in [0.1, 0.15) is 43.0 Å². The molecule has 21 heavy (non-hydrogen) atoms. The highest BCUT2D eigenvalue weighted by molar-refractivity contribution is 9.10. The van der Waals surface area contributed by atoms with Crippen LogP contribution >= 0.6 is 15.9 Å². The van der Waals surface area contributed by atoms with Crippen LogP contribution < -0.4 is 4.74 Å². The van der Waals surface area contributed by atoms with Crippen molar-refractivity contribution in [1.82, 2.24) is 0 Å². The molecule has 1 rings (SSSR count). The van der Waals surface area contributed by atoms with Gasteiger partial charge in [-0.1, -0.05) is 0 Å². The Labute approximate surface area is 132 Å². The molecule has 116 valence electrons. The summed E-state index contributed by atoms with van der Waals surface area (Å²) in [5.74, 6) is -0.639. The molecule has 1 N–H and O–H groups in total. The van der Waals surface area contributed by atoms with Gasteiger partial charge in [0.1, 0.15) is 5.75 Å². The topological polar surface area (TPSA) is 72.8 Å². The van der Waals surface area contributed by atoms with E-state index >= 15 is 0 Å². The summed E-state index contributed by atoms with van der Waals surface area (Å²) >= 11 is 3.18. The molecule has 0 heterocycles. The largest absolute Gasteiger partial charge is 0.494 e. The fraction of sp³-hybridized carbons (Fsp3) is 0.467. The first-order valence-corrected chi connectivity index (χ1v) is 7.65. The zero-order chi connectivity index (χ0) is 15.7. The van der Waals surface area contributed by atoms with Crippen LogP contribution in [0.5, 0.6) is 5.75 Å². The summed E-state index contributed by atoms with van der Waals surface area (Å²) in [6.45, 7) is 2.69. The molecule has 0 atom stereocenters. The number of hydrogen-bond acceptors (Lipinski definition) is 4. The van der Waals surface area contributed by atoms with Gasteiger partial charge in [-0.25, -0.2) is 4.79 Å². The van der Waals surface area contributed by atoms with E-state index in [1.165, 1.54) is 6.07 Å². The summed E-state index contributed by atoms with van der Waals surface area (Å²) in [4.78, 5) is 22.1. The number of carboxylic acids is 1. The van der Waals surface area contributed by atoms with Gasteiger partial charge in [0.2, 0.25) is 0 Å². The summed E-state index contributed by atoms with van der Waals surface area (Å²) in [6.07, 6.45) is 2.86. The average molecular weight is 359 g/mol. The second kappa shape index (κ2) is 9.39. The van der Waals surface area contributed by atoms with Gasteiger partial charge in [-0.05, 0) is 60.3 Å².